The van der Waals surface area contributed by atoms with Gasteiger partial charge in [0.2, 0.25) is 0 Å². The Bertz CT molecular complexity index is 605. The van der Waals surface area contributed by atoms with E-state index in [0.29, 0.717) is 0 Å². The minimum Gasteiger partial charge on any atom is -0.388 e. The van der Waals surface area contributed by atoms with Crippen molar-refractivity contribution in [2.45, 2.75) is 88.9 Å². The van der Waals surface area contributed by atoms with Crippen molar-refractivity contribution in [3.63, 3.8) is 0 Å². The van der Waals surface area contributed by atoms with Gasteiger partial charge in [-0.2, -0.15) is 0 Å². The van der Waals surface area contributed by atoms with Crippen LogP contribution in [0.1, 0.15) is 33.6 Å². The Morgan fingerprint density at radius 3 is 2.19 bits per heavy atom. The topological polar surface area (TPSA) is 158 Å². The molecule has 0 aliphatic carbocycles. The van der Waals surface area contributed by atoms with Crippen molar-refractivity contribution in [3.8, 4) is 0 Å². The molecule has 31 heavy (non-hydrogen) atoms. The van der Waals surface area contributed by atoms with Crippen molar-refractivity contribution in [2.75, 3.05) is 19.8 Å². The Morgan fingerprint density at radius 1 is 0.839 bits per heavy atom. The van der Waals surface area contributed by atoms with Crippen molar-refractivity contribution in [1.29, 1.82) is 0 Å². The Morgan fingerprint density at radius 2 is 1.52 bits per heavy atom. The van der Waals surface area contributed by atoms with Crippen molar-refractivity contribution >= 4 is 0 Å². The second-order valence-electron chi connectivity index (χ2n) is 8.30. The van der Waals surface area contributed by atoms with Gasteiger partial charge in [-0.15, -0.1) is 0 Å². The molecule has 2 aliphatic heterocycles. The fraction of sp³-hybridized carbons (Fsp3) is 0.810. The van der Waals surface area contributed by atoms with E-state index >= 15 is 0 Å². The molecule has 0 unspecified atom stereocenters. The molecule has 10 heteroatoms. The van der Waals surface area contributed by atoms with Crippen LogP contribution in [-0.2, 0) is 18.9 Å². The predicted octanol–water partition coefficient (Wildman–Crippen LogP) is -1.04. The van der Waals surface area contributed by atoms with Gasteiger partial charge < -0.3 is 49.6 Å². The highest BCUT2D eigenvalue weighted by Crippen LogP contribution is 2.24. The molecular formula is C21H36O10. The largest absolute Gasteiger partial charge is 0.388 e. The summed E-state index contributed by atoms with van der Waals surface area (Å²) in [6, 6.07) is 0. The molecule has 2 heterocycles. The summed E-state index contributed by atoms with van der Waals surface area (Å²) in [5.74, 6) is 0. The molecule has 0 aromatic carbocycles. The fourth-order valence-corrected chi connectivity index (χ4v) is 3.28. The van der Waals surface area contributed by atoms with Gasteiger partial charge in [0.1, 0.15) is 42.7 Å². The SMILES string of the molecule is CC(C)=CCCC(C)=CCO[C@@H]1O[C@H](CO[C@@H]2OC[C@@H](O)[C@H](O)[C@H]2O)[C@@H](O)[C@H](O)[C@H]1O. The lowest BCUT2D eigenvalue weighted by molar-refractivity contribution is -0.319. The Labute approximate surface area is 182 Å². The normalized spacial score (nSPS) is 39.4. The fourth-order valence-electron chi connectivity index (χ4n) is 3.28. The number of allylic oxidation sites excluding steroid dienone is 3. The zero-order chi connectivity index (χ0) is 23.1. The number of aliphatic hydroxyl groups is 6. The maximum absolute atomic E-state index is 10.2. The lowest BCUT2D eigenvalue weighted by atomic mass is 9.99. The first-order chi connectivity index (χ1) is 14.6. The molecule has 2 aliphatic rings. The van der Waals surface area contributed by atoms with Crippen molar-refractivity contribution in [2.24, 2.45) is 0 Å². The van der Waals surface area contributed by atoms with E-state index in [0.717, 1.165) is 18.4 Å². The number of hydrogen-bond donors (Lipinski definition) is 6. The second-order valence-corrected chi connectivity index (χ2v) is 8.30. The van der Waals surface area contributed by atoms with Crippen molar-refractivity contribution in [1.82, 2.24) is 0 Å². The van der Waals surface area contributed by atoms with E-state index in [1.54, 1.807) is 0 Å². The number of ether oxygens (including phenoxy) is 4. The van der Waals surface area contributed by atoms with E-state index in [1.165, 1.54) is 5.57 Å². The van der Waals surface area contributed by atoms with Crippen LogP contribution < -0.4 is 0 Å². The van der Waals surface area contributed by atoms with E-state index in [9.17, 15) is 30.6 Å². The quantitative estimate of drug-likeness (QED) is 0.241. The third-order valence-electron chi connectivity index (χ3n) is 5.33. The van der Waals surface area contributed by atoms with Crippen LogP contribution in [0.15, 0.2) is 23.3 Å². The molecule has 0 aromatic rings. The molecule has 0 spiro atoms. The number of hydrogen-bond acceptors (Lipinski definition) is 10. The van der Waals surface area contributed by atoms with Crippen LogP contribution in [0.3, 0.4) is 0 Å². The van der Waals surface area contributed by atoms with E-state index in [2.05, 4.69) is 6.08 Å². The molecule has 0 saturated carbocycles. The van der Waals surface area contributed by atoms with Crippen LogP contribution in [0, 0.1) is 0 Å². The third-order valence-corrected chi connectivity index (χ3v) is 5.33. The second kappa shape index (κ2) is 12.4. The molecular weight excluding hydrogens is 412 g/mol. The summed E-state index contributed by atoms with van der Waals surface area (Å²) in [4.78, 5) is 0. The van der Waals surface area contributed by atoms with Gasteiger partial charge in [0.25, 0.3) is 0 Å². The van der Waals surface area contributed by atoms with Gasteiger partial charge in [0, 0.05) is 0 Å². The van der Waals surface area contributed by atoms with Crippen LogP contribution in [0.25, 0.3) is 0 Å². The van der Waals surface area contributed by atoms with Gasteiger partial charge in [-0.25, -0.2) is 0 Å². The highest BCUT2D eigenvalue weighted by Gasteiger charge is 2.45. The molecule has 180 valence electrons. The van der Waals surface area contributed by atoms with Crippen LogP contribution in [0.5, 0.6) is 0 Å². The number of rotatable bonds is 9. The average molecular weight is 449 g/mol. The summed E-state index contributed by atoms with van der Waals surface area (Å²) in [5, 5.41) is 59.6. The van der Waals surface area contributed by atoms with Gasteiger partial charge in [-0.3, -0.25) is 0 Å². The molecule has 0 radical (unpaired) electrons. The van der Waals surface area contributed by atoms with Crippen LogP contribution in [-0.4, -0.2) is 106 Å². The molecule has 0 aromatic heterocycles. The van der Waals surface area contributed by atoms with E-state index in [4.69, 9.17) is 18.9 Å². The smallest absolute Gasteiger partial charge is 0.187 e. The highest BCUT2D eigenvalue weighted by atomic mass is 16.7. The minimum absolute atomic E-state index is 0.146. The van der Waals surface area contributed by atoms with Crippen LogP contribution in [0.2, 0.25) is 0 Å². The van der Waals surface area contributed by atoms with Gasteiger partial charge >= 0.3 is 0 Å². The van der Waals surface area contributed by atoms with Crippen molar-refractivity contribution in [3.05, 3.63) is 23.3 Å². The molecule has 2 saturated heterocycles. The maximum Gasteiger partial charge on any atom is 0.187 e. The summed E-state index contributed by atoms with van der Waals surface area (Å²) in [6.45, 7) is 5.65. The summed E-state index contributed by atoms with van der Waals surface area (Å²) in [7, 11) is 0. The summed E-state index contributed by atoms with van der Waals surface area (Å²) < 4.78 is 21.6. The monoisotopic (exact) mass is 448 g/mol. The van der Waals surface area contributed by atoms with Crippen LogP contribution in [0.4, 0.5) is 0 Å². The van der Waals surface area contributed by atoms with Gasteiger partial charge in [-0.05, 0) is 33.6 Å². The zero-order valence-electron chi connectivity index (χ0n) is 18.2. The molecule has 2 fully saturated rings. The molecule has 0 bridgehead atoms. The van der Waals surface area contributed by atoms with E-state index in [1.807, 2.05) is 26.8 Å². The van der Waals surface area contributed by atoms with Gasteiger partial charge in [0.15, 0.2) is 12.6 Å². The molecule has 0 amide bonds. The minimum atomic E-state index is -1.53. The summed E-state index contributed by atoms with van der Waals surface area (Å²) >= 11 is 0. The van der Waals surface area contributed by atoms with Gasteiger partial charge in [-0.1, -0.05) is 23.3 Å². The van der Waals surface area contributed by atoms with E-state index in [-0.39, 0.29) is 19.8 Å². The van der Waals surface area contributed by atoms with E-state index < -0.39 is 55.3 Å². The highest BCUT2D eigenvalue weighted by molar-refractivity contribution is 5.02. The third kappa shape index (κ3) is 7.57. The lowest BCUT2D eigenvalue weighted by Crippen LogP contribution is -2.60. The Balaban J connectivity index is 1.86. The first-order valence-corrected chi connectivity index (χ1v) is 10.5. The number of aliphatic hydroxyl groups excluding tert-OH is 6. The zero-order valence-corrected chi connectivity index (χ0v) is 18.2. The Kier molecular flexibility index (Phi) is 10.5. The average Bonchev–Trinajstić information content (AvgIpc) is 2.72. The Hall–Kier alpha value is -0.920. The molecule has 9 atom stereocenters. The van der Waals surface area contributed by atoms with Gasteiger partial charge in [0.05, 0.1) is 19.8 Å². The predicted molar refractivity (Wildman–Crippen MR) is 109 cm³/mol. The first kappa shape index (κ1) is 26.3. The summed E-state index contributed by atoms with van der Waals surface area (Å²) in [5.41, 5.74) is 2.35. The van der Waals surface area contributed by atoms with Crippen molar-refractivity contribution < 1.29 is 49.6 Å². The standard InChI is InChI=1S/C21H36O10/c1-11(2)5-4-6-12(3)7-8-28-21-19(27)17(25)16(24)14(31-21)10-30-20-18(26)15(23)13(22)9-29-20/h5,7,13-27H,4,6,8-10H2,1-3H3/t13-,14-,15+,16-,17+,18-,19-,20+,21-/m1/s1. The lowest BCUT2D eigenvalue weighted by Gasteiger charge is -2.41. The first-order valence-electron chi connectivity index (χ1n) is 10.5. The molecule has 2 rings (SSSR count). The molecule has 10 nitrogen and oxygen atoms in total. The summed E-state index contributed by atoms with van der Waals surface area (Å²) in [6.07, 6.45) is -6.36. The van der Waals surface area contributed by atoms with Crippen LogP contribution >= 0.6 is 0 Å². The molecule has 6 N–H and O–H groups in total. The maximum atomic E-state index is 10.2.